The molecule has 5 N–H and O–H groups in total. The number of benzene rings is 1. The van der Waals surface area contributed by atoms with E-state index in [0.29, 0.717) is 5.06 Å². The first-order valence-corrected chi connectivity index (χ1v) is 7.19. The predicted molar refractivity (Wildman–Crippen MR) is 75.4 cm³/mol. The fraction of sp³-hybridized carbons (Fsp3) is 0.500. The highest BCUT2D eigenvalue weighted by Crippen LogP contribution is 2.35. The zero-order valence-electron chi connectivity index (χ0n) is 12.3. The minimum atomic E-state index is -1.82. The van der Waals surface area contributed by atoms with E-state index in [0.717, 1.165) is 0 Å². The van der Waals surface area contributed by atoms with E-state index in [9.17, 15) is 25.2 Å². The van der Waals surface area contributed by atoms with Crippen molar-refractivity contribution in [2.24, 2.45) is 0 Å². The normalized spacial score (nSPS) is 36.2. The van der Waals surface area contributed by atoms with E-state index in [1.54, 1.807) is 12.1 Å². The van der Waals surface area contributed by atoms with Gasteiger partial charge in [0.25, 0.3) is 6.29 Å². The highest BCUT2D eigenvalue weighted by Gasteiger charge is 2.47. The average Bonchev–Trinajstić information content (AvgIpc) is 2.58. The molecular weight excluding hydrogens is 326 g/mol. The quantitative estimate of drug-likeness (QED) is 0.400. The van der Waals surface area contributed by atoms with Crippen molar-refractivity contribution < 1.29 is 44.6 Å². The maximum Gasteiger partial charge on any atom is 0.320 e. The van der Waals surface area contributed by atoms with Gasteiger partial charge in [-0.3, -0.25) is 4.79 Å². The highest BCUT2D eigenvalue weighted by molar-refractivity contribution is 5.97. The Morgan fingerprint density at radius 1 is 1.08 bits per heavy atom. The Hall–Kier alpha value is -1.79. The molecule has 0 saturated carbocycles. The van der Waals surface area contributed by atoms with E-state index in [1.165, 1.54) is 12.1 Å². The number of carbonyl (C=O) groups is 1. The number of anilines is 1. The average molecular weight is 343 g/mol. The third-order valence-corrected chi connectivity index (χ3v) is 3.79. The van der Waals surface area contributed by atoms with Gasteiger partial charge in [0.05, 0.1) is 6.61 Å². The first-order valence-electron chi connectivity index (χ1n) is 7.19. The van der Waals surface area contributed by atoms with Crippen molar-refractivity contribution >= 4 is 11.6 Å². The van der Waals surface area contributed by atoms with E-state index < -0.39 is 49.5 Å². The topological polar surface area (TPSA) is 149 Å². The van der Waals surface area contributed by atoms with Gasteiger partial charge in [-0.1, -0.05) is 12.1 Å². The van der Waals surface area contributed by atoms with Crippen LogP contribution in [0.2, 0.25) is 0 Å². The van der Waals surface area contributed by atoms with Crippen LogP contribution in [0.1, 0.15) is 0 Å². The van der Waals surface area contributed by atoms with Crippen LogP contribution in [0.5, 0.6) is 5.75 Å². The van der Waals surface area contributed by atoms with Crippen LogP contribution in [-0.4, -0.2) is 75.0 Å². The summed E-state index contributed by atoms with van der Waals surface area (Å²) in [4.78, 5) is 17.4. The van der Waals surface area contributed by atoms with Gasteiger partial charge < -0.3 is 35.0 Å². The molecule has 0 aromatic heterocycles. The molecule has 1 aromatic rings. The van der Waals surface area contributed by atoms with Gasteiger partial charge in [-0.05, 0) is 12.1 Å². The van der Waals surface area contributed by atoms with E-state index in [2.05, 4.69) is 0 Å². The predicted octanol–water partition coefficient (Wildman–Crippen LogP) is -2.54. The number of hydroxylamine groups is 1. The van der Waals surface area contributed by atoms with Crippen molar-refractivity contribution in [2.75, 3.05) is 11.7 Å². The molecule has 0 spiro atoms. The molecule has 2 heterocycles. The zero-order chi connectivity index (χ0) is 17.4. The molecule has 1 amide bonds. The minimum absolute atomic E-state index is 0.157. The molecule has 1 saturated heterocycles. The number of amides is 1. The Balaban J connectivity index is 1.85. The van der Waals surface area contributed by atoms with Gasteiger partial charge in [0.15, 0.2) is 0 Å². The lowest BCUT2D eigenvalue weighted by molar-refractivity contribution is -0.304. The number of fused-ring (bicyclic) bond motifs is 1. The summed E-state index contributed by atoms with van der Waals surface area (Å²) < 4.78 is 10.2. The lowest BCUT2D eigenvalue weighted by Crippen LogP contribution is -2.61. The summed E-state index contributed by atoms with van der Waals surface area (Å²) in [5, 5.41) is 49.0. The molecule has 0 aliphatic carbocycles. The van der Waals surface area contributed by atoms with E-state index in [1.807, 2.05) is 0 Å². The molecule has 0 radical (unpaired) electrons. The number of rotatable bonds is 3. The molecule has 1 aromatic carbocycles. The number of nitrogens with zero attached hydrogens (tertiary/aromatic N) is 1. The molecule has 1 fully saturated rings. The first kappa shape index (κ1) is 17.0. The van der Waals surface area contributed by atoms with Crippen molar-refractivity contribution in [1.82, 2.24) is 0 Å². The van der Waals surface area contributed by atoms with Crippen LogP contribution < -0.4 is 9.80 Å². The second-order valence-corrected chi connectivity index (χ2v) is 5.37. The Kier molecular flexibility index (Phi) is 4.69. The lowest BCUT2D eigenvalue weighted by atomic mass is 9.99. The summed E-state index contributed by atoms with van der Waals surface area (Å²) in [7, 11) is 0. The molecule has 132 valence electrons. The highest BCUT2D eigenvalue weighted by atomic mass is 16.8. The Bertz CT molecular complexity index is 610. The van der Waals surface area contributed by atoms with Crippen LogP contribution in [0.3, 0.4) is 0 Å². The Labute approximate surface area is 136 Å². The molecule has 6 atom stereocenters. The SMILES string of the molecule is O=C1C(O)Oc2ccccc2N1OC1O[C@H](CO)[C@@H](O)[C@H](O)[C@H]1O. The van der Waals surface area contributed by atoms with Crippen LogP contribution in [0.15, 0.2) is 24.3 Å². The second-order valence-electron chi connectivity index (χ2n) is 5.37. The van der Waals surface area contributed by atoms with E-state index >= 15 is 0 Å². The molecule has 3 rings (SSSR count). The summed E-state index contributed by atoms with van der Waals surface area (Å²) in [5.41, 5.74) is 0.157. The number of carbonyl (C=O) groups excluding carboxylic acids is 1. The number of ether oxygens (including phenoxy) is 2. The van der Waals surface area contributed by atoms with Gasteiger partial charge in [0.1, 0.15) is 35.9 Å². The van der Waals surface area contributed by atoms with Gasteiger partial charge in [0.2, 0.25) is 6.29 Å². The Morgan fingerprint density at radius 2 is 1.79 bits per heavy atom. The largest absolute Gasteiger partial charge is 0.453 e. The molecule has 0 bridgehead atoms. The zero-order valence-corrected chi connectivity index (χ0v) is 12.3. The van der Waals surface area contributed by atoms with Gasteiger partial charge in [-0.2, -0.15) is 5.06 Å². The standard InChI is InChI=1S/C14H17NO9/c16-5-8-9(17)10(18)11(19)14(23-8)24-15-6-3-1-2-4-7(6)22-13(21)12(15)20/h1-4,8-11,13-14,16-19,21H,5H2/t8-,9-,10+,11-,13?,14?/m1/s1. The summed E-state index contributed by atoms with van der Waals surface area (Å²) in [5.74, 6) is -0.806. The van der Waals surface area contributed by atoms with Crippen LogP contribution in [0.4, 0.5) is 5.69 Å². The number of para-hydroxylation sites is 2. The number of hydrogen-bond acceptors (Lipinski definition) is 9. The summed E-state index contributed by atoms with van der Waals surface area (Å²) in [6, 6.07) is 6.18. The number of aliphatic hydroxyl groups is 5. The Morgan fingerprint density at radius 3 is 2.50 bits per heavy atom. The lowest BCUT2D eigenvalue weighted by Gasteiger charge is -2.41. The van der Waals surface area contributed by atoms with Crippen LogP contribution in [0.25, 0.3) is 0 Å². The van der Waals surface area contributed by atoms with Crippen LogP contribution in [-0.2, 0) is 14.4 Å². The monoisotopic (exact) mass is 343 g/mol. The second kappa shape index (κ2) is 6.61. The molecular formula is C14H17NO9. The minimum Gasteiger partial charge on any atom is -0.453 e. The third kappa shape index (κ3) is 2.84. The molecule has 2 unspecified atom stereocenters. The molecule has 10 nitrogen and oxygen atoms in total. The fourth-order valence-corrected chi connectivity index (χ4v) is 2.48. The smallest absolute Gasteiger partial charge is 0.320 e. The van der Waals surface area contributed by atoms with E-state index in [4.69, 9.17) is 19.4 Å². The summed E-state index contributed by atoms with van der Waals surface area (Å²) >= 11 is 0. The maximum atomic E-state index is 12.1. The van der Waals surface area contributed by atoms with E-state index in [-0.39, 0.29) is 11.4 Å². The van der Waals surface area contributed by atoms with Crippen molar-refractivity contribution in [3.8, 4) is 5.75 Å². The number of hydrogen-bond donors (Lipinski definition) is 5. The van der Waals surface area contributed by atoms with Gasteiger partial charge in [-0.15, -0.1) is 0 Å². The first-order chi connectivity index (χ1) is 11.4. The third-order valence-electron chi connectivity index (χ3n) is 3.79. The van der Waals surface area contributed by atoms with Crippen LogP contribution >= 0.6 is 0 Å². The van der Waals surface area contributed by atoms with Crippen molar-refractivity contribution in [3.05, 3.63) is 24.3 Å². The maximum absolute atomic E-state index is 12.1. The van der Waals surface area contributed by atoms with Gasteiger partial charge >= 0.3 is 5.91 Å². The summed E-state index contributed by atoms with van der Waals surface area (Å²) in [6.07, 6.45) is -9.47. The molecule has 10 heteroatoms. The van der Waals surface area contributed by atoms with Crippen LogP contribution in [0, 0.1) is 0 Å². The number of aliphatic hydroxyl groups excluding tert-OH is 5. The van der Waals surface area contributed by atoms with Gasteiger partial charge in [-0.25, -0.2) is 4.84 Å². The van der Waals surface area contributed by atoms with Crippen molar-refractivity contribution in [3.63, 3.8) is 0 Å². The van der Waals surface area contributed by atoms with Gasteiger partial charge in [0, 0.05) is 0 Å². The van der Waals surface area contributed by atoms with Crippen molar-refractivity contribution in [1.29, 1.82) is 0 Å². The molecule has 2 aliphatic heterocycles. The fourth-order valence-electron chi connectivity index (χ4n) is 2.48. The molecule has 24 heavy (non-hydrogen) atoms. The molecule has 2 aliphatic rings. The summed E-state index contributed by atoms with van der Waals surface area (Å²) in [6.45, 7) is -0.638. The van der Waals surface area contributed by atoms with Crippen molar-refractivity contribution in [2.45, 2.75) is 37.0 Å².